The second kappa shape index (κ2) is 9.68. The molecule has 6 heteroatoms. The van der Waals surface area contributed by atoms with Crippen molar-refractivity contribution in [2.75, 3.05) is 21.3 Å². The van der Waals surface area contributed by atoms with Crippen LogP contribution in [0.3, 0.4) is 0 Å². The molecule has 0 bridgehead atoms. The molecule has 0 aromatic heterocycles. The lowest BCUT2D eigenvalue weighted by Crippen LogP contribution is -2.40. The molecule has 0 saturated heterocycles. The molecule has 1 aromatic carbocycles. The van der Waals surface area contributed by atoms with Gasteiger partial charge in [0.25, 0.3) is 0 Å². The molecule has 0 fully saturated rings. The zero-order chi connectivity index (χ0) is 14.3. The normalized spacial score (nSPS) is 10.8. The molecular formula is C14H24IN3O2. The highest BCUT2D eigenvalue weighted by atomic mass is 127. The van der Waals surface area contributed by atoms with Crippen LogP contribution < -0.4 is 20.1 Å². The van der Waals surface area contributed by atoms with Crippen LogP contribution in [0.4, 0.5) is 0 Å². The Bertz CT molecular complexity index is 436. The molecule has 0 aliphatic heterocycles. The number of guanidine groups is 1. The first-order valence-corrected chi connectivity index (χ1v) is 6.28. The number of nitrogens with zero attached hydrogens (tertiary/aromatic N) is 1. The van der Waals surface area contributed by atoms with Crippen molar-refractivity contribution < 1.29 is 9.47 Å². The van der Waals surface area contributed by atoms with Gasteiger partial charge in [0.1, 0.15) is 0 Å². The number of halogens is 1. The highest BCUT2D eigenvalue weighted by molar-refractivity contribution is 14.0. The predicted octanol–water partition coefficient (Wildman–Crippen LogP) is 2.40. The zero-order valence-corrected chi connectivity index (χ0v) is 15.0. The summed E-state index contributed by atoms with van der Waals surface area (Å²) in [6.07, 6.45) is 0. The Hall–Kier alpha value is -1.18. The lowest BCUT2D eigenvalue weighted by atomic mass is 10.2. The van der Waals surface area contributed by atoms with Crippen LogP contribution in [-0.2, 0) is 6.54 Å². The Morgan fingerprint density at radius 3 is 2.35 bits per heavy atom. The molecule has 0 atom stereocenters. The van der Waals surface area contributed by atoms with E-state index in [1.807, 2.05) is 18.2 Å². The molecule has 114 valence electrons. The Kier molecular flexibility index (Phi) is 9.11. The maximum Gasteiger partial charge on any atom is 0.191 e. The standard InChI is InChI=1S/C14H23N3O2.HI/c1-10(2)17-14(15-3)16-9-11-6-7-12(18-4)13(8-11)19-5;/h6-8,10H,9H2,1-5H3,(H2,15,16,17);1H. The molecule has 0 radical (unpaired) electrons. The van der Waals surface area contributed by atoms with E-state index in [0.29, 0.717) is 12.6 Å². The van der Waals surface area contributed by atoms with E-state index in [0.717, 1.165) is 23.0 Å². The van der Waals surface area contributed by atoms with Crippen LogP contribution in [0.2, 0.25) is 0 Å². The minimum atomic E-state index is 0. The van der Waals surface area contributed by atoms with Crippen molar-refractivity contribution in [1.29, 1.82) is 0 Å². The fourth-order valence-electron chi connectivity index (χ4n) is 1.64. The van der Waals surface area contributed by atoms with Crippen LogP contribution in [0, 0.1) is 0 Å². The lowest BCUT2D eigenvalue weighted by molar-refractivity contribution is 0.354. The van der Waals surface area contributed by atoms with Crippen molar-refractivity contribution in [2.45, 2.75) is 26.4 Å². The summed E-state index contributed by atoms with van der Waals surface area (Å²) in [4.78, 5) is 4.16. The van der Waals surface area contributed by atoms with E-state index in [2.05, 4.69) is 29.5 Å². The first kappa shape index (κ1) is 18.8. The van der Waals surface area contributed by atoms with Crippen LogP contribution >= 0.6 is 24.0 Å². The average molecular weight is 393 g/mol. The number of aliphatic imine (C=N–C) groups is 1. The third kappa shape index (κ3) is 5.85. The maximum absolute atomic E-state index is 5.28. The fraction of sp³-hybridized carbons (Fsp3) is 0.500. The highest BCUT2D eigenvalue weighted by Crippen LogP contribution is 2.27. The second-order valence-corrected chi connectivity index (χ2v) is 4.41. The zero-order valence-electron chi connectivity index (χ0n) is 12.7. The van der Waals surface area contributed by atoms with Crippen molar-refractivity contribution >= 4 is 29.9 Å². The summed E-state index contributed by atoms with van der Waals surface area (Å²) in [6, 6.07) is 6.19. The highest BCUT2D eigenvalue weighted by Gasteiger charge is 2.05. The Labute approximate surface area is 138 Å². The molecule has 0 spiro atoms. The smallest absolute Gasteiger partial charge is 0.191 e. The maximum atomic E-state index is 5.28. The van der Waals surface area contributed by atoms with Crippen molar-refractivity contribution in [2.24, 2.45) is 4.99 Å². The Morgan fingerprint density at radius 1 is 1.20 bits per heavy atom. The minimum Gasteiger partial charge on any atom is -0.493 e. The summed E-state index contributed by atoms with van der Waals surface area (Å²) >= 11 is 0. The molecule has 0 amide bonds. The first-order valence-electron chi connectivity index (χ1n) is 6.28. The van der Waals surface area contributed by atoms with Crippen LogP contribution in [0.15, 0.2) is 23.2 Å². The quantitative estimate of drug-likeness (QED) is 0.458. The van der Waals surface area contributed by atoms with Gasteiger partial charge < -0.3 is 20.1 Å². The number of rotatable bonds is 5. The first-order chi connectivity index (χ1) is 9.10. The summed E-state index contributed by atoms with van der Waals surface area (Å²) in [6.45, 7) is 4.82. The van der Waals surface area contributed by atoms with Crippen LogP contribution in [0.5, 0.6) is 11.5 Å². The van der Waals surface area contributed by atoms with E-state index in [9.17, 15) is 0 Å². The average Bonchev–Trinajstić information content (AvgIpc) is 2.42. The predicted molar refractivity (Wildman–Crippen MR) is 93.4 cm³/mol. The Morgan fingerprint density at radius 2 is 1.85 bits per heavy atom. The monoisotopic (exact) mass is 393 g/mol. The second-order valence-electron chi connectivity index (χ2n) is 4.41. The molecule has 2 N–H and O–H groups in total. The van der Waals surface area contributed by atoms with Crippen molar-refractivity contribution in [3.8, 4) is 11.5 Å². The number of hydrogen-bond donors (Lipinski definition) is 2. The molecular weight excluding hydrogens is 369 g/mol. The van der Waals surface area contributed by atoms with Gasteiger partial charge in [0, 0.05) is 19.6 Å². The van der Waals surface area contributed by atoms with Gasteiger partial charge in [-0.2, -0.15) is 0 Å². The van der Waals surface area contributed by atoms with E-state index in [1.54, 1.807) is 21.3 Å². The third-order valence-corrected chi connectivity index (χ3v) is 2.56. The summed E-state index contributed by atoms with van der Waals surface area (Å²) < 4.78 is 10.5. The van der Waals surface area contributed by atoms with Crippen molar-refractivity contribution in [1.82, 2.24) is 10.6 Å². The van der Waals surface area contributed by atoms with E-state index in [-0.39, 0.29) is 24.0 Å². The van der Waals surface area contributed by atoms with Gasteiger partial charge in [-0.3, -0.25) is 4.99 Å². The summed E-state index contributed by atoms with van der Waals surface area (Å²) in [5.74, 6) is 2.24. The van der Waals surface area contributed by atoms with Crippen LogP contribution in [0.25, 0.3) is 0 Å². The van der Waals surface area contributed by atoms with Gasteiger partial charge in [0.15, 0.2) is 17.5 Å². The molecule has 5 nitrogen and oxygen atoms in total. The van der Waals surface area contributed by atoms with E-state index < -0.39 is 0 Å². The van der Waals surface area contributed by atoms with Crippen molar-refractivity contribution in [3.63, 3.8) is 0 Å². The summed E-state index contributed by atoms with van der Waals surface area (Å²) in [5, 5.41) is 6.48. The van der Waals surface area contributed by atoms with E-state index in [4.69, 9.17) is 9.47 Å². The molecule has 0 aliphatic rings. The van der Waals surface area contributed by atoms with Crippen LogP contribution in [-0.4, -0.2) is 33.3 Å². The van der Waals surface area contributed by atoms with Gasteiger partial charge in [-0.1, -0.05) is 6.07 Å². The van der Waals surface area contributed by atoms with Gasteiger partial charge >= 0.3 is 0 Å². The topological polar surface area (TPSA) is 54.9 Å². The minimum absolute atomic E-state index is 0. The molecule has 0 aliphatic carbocycles. The van der Waals surface area contributed by atoms with E-state index in [1.165, 1.54) is 0 Å². The number of benzene rings is 1. The SMILES string of the molecule is CN=C(NCc1ccc(OC)c(OC)c1)NC(C)C.I. The van der Waals surface area contributed by atoms with Gasteiger partial charge in [-0.05, 0) is 31.5 Å². The fourth-order valence-corrected chi connectivity index (χ4v) is 1.64. The number of hydrogen-bond acceptors (Lipinski definition) is 3. The molecule has 1 aromatic rings. The Balaban J connectivity index is 0.00000361. The summed E-state index contributed by atoms with van der Waals surface area (Å²) in [7, 11) is 5.02. The van der Waals surface area contributed by atoms with E-state index >= 15 is 0 Å². The van der Waals surface area contributed by atoms with Crippen molar-refractivity contribution in [3.05, 3.63) is 23.8 Å². The largest absolute Gasteiger partial charge is 0.493 e. The molecule has 0 heterocycles. The molecule has 0 unspecified atom stereocenters. The molecule has 0 saturated carbocycles. The molecule has 20 heavy (non-hydrogen) atoms. The lowest BCUT2D eigenvalue weighted by Gasteiger charge is -2.15. The van der Waals surface area contributed by atoms with Gasteiger partial charge in [-0.15, -0.1) is 24.0 Å². The van der Waals surface area contributed by atoms with Gasteiger partial charge in [-0.25, -0.2) is 0 Å². The number of methoxy groups -OCH3 is 2. The van der Waals surface area contributed by atoms with Gasteiger partial charge in [0.2, 0.25) is 0 Å². The third-order valence-electron chi connectivity index (χ3n) is 2.56. The van der Waals surface area contributed by atoms with Gasteiger partial charge in [0.05, 0.1) is 14.2 Å². The van der Waals surface area contributed by atoms with Crippen LogP contribution in [0.1, 0.15) is 19.4 Å². The summed E-state index contributed by atoms with van der Waals surface area (Å²) in [5.41, 5.74) is 1.10. The number of ether oxygens (including phenoxy) is 2. The number of nitrogens with one attached hydrogen (secondary N) is 2. The molecule has 1 rings (SSSR count).